The third kappa shape index (κ3) is 3.50. The van der Waals surface area contributed by atoms with Crippen molar-refractivity contribution in [2.75, 3.05) is 33.8 Å². The summed E-state index contributed by atoms with van der Waals surface area (Å²) >= 11 is 0. The molecule has 1 N–H and O–H groups in total. The fourth-order valence-corrected chi connectivity index (χ4v) is 3.36. The second kappa shape index (κ2) is 7.14. The topological polar surface area (TPSA) is 35.9 Å². The normalized spacial score (nSPS) is 20.9. The molecule has 21 heavy (non-hydrogen) atoms. The van der Waals surface area contributed by atoms with E-state index in [1.54, 1.807) is 13.2 Å². The Hall–Kier alpha value is -1.26. The molecule has 0 radical (unpaired) electrons. The summed E-state index contributed by atoms with van der Waals surface area (Å²) in [7, 11) is 3.78. The van der Waals surface area contributed by atoms with Gasteiger partial charge in [-0.3, -0.25) is 9.80 Å². The van der Waals surface area contributed by atoms with Crippen LogP contribution in [0.3, 0.4) is 0 Å². The molecule has 0 saturated carbocycles. The van der Waals surface area contributed by atoms with Gasteiger partial charge in [0.15, 0.2) is 0 Å². The molecule has 0 amide bonds. The van der Waals surface area contributed by atoms with E-state index in [9.17, 15) is 5.11 Å². The molecule has 1 saturated heterocycles. The van der Waals surface area contributed by atoms with Crippen LogP contribution in [0, 0.1) is 0 Å². The van der Waals surface area contributed by atoms with Crippen molar-refractivity contribution in [3.63, 3.8) is 0 Å². The zero-order valence-electron chi connectivity index (χ0n) is 13.7. The highest BCUT2D eigenvalue weighted by Gasteiger charge is 2.27. The molecule has 0 bridgehead atoms. The Bertz CT molecular complexity index is 464. The summed E-state index contributed by atoms with van der Waals surface area (Å²) in [5.41, 5.74) is 0.878. The summed E-state index contributed by atoms with van der Waals surface area (Å²) in [6.45, 7) is 7.71. The first-order chi connectivity index (χ1) is 10.1. The van der Waals surface area contributed by atoms with Crippen LogP contribution in [0.15, 0.2) is 18.2 Å². The van der Waals surface area contributed by atoms with Crippen LogP contribution in [-0.4, -0.2) is 54.7 Å². The van der Waals surface area contributed by atoms with E-state index in [0.29, 0.717) is 11.8 Å². The summed E-state index contributed by atoms with van der Waals surface area (Å²) < 4.78 is 5.41. The average Bonchev–Trinajstić information content (AvgIpc) is 2.93. The number of phenols is 1. The molecule has 2 atom stereocenters. The number of benzene rings is 1. The number of rotatable bonds is 6. The molecule has 1 heterocycles. The standard InChI is InChI=1S/C17H28N2O2/c1-5-19-11-7-8-14(19)12-18(3)13(2)17-15(20)9-6-10-16(17)21-4/h6,9-10,13-14,20H,5,7-8,11-12H2,1-4H3. The van der Waals surface area contributed by atoms with Gasteiger partial charge in [-0.05, 0) is 52.0 Å². The van der Waals surface area contributed by atoms with Gasteiger partial charge in [-0.15, -0.1) is 0 Å². The van der Waals surface area contributed by atoms with E-state index in [4.69, 9.17) is 4.74 Å². The number of likely N-dealkylation sites (tertiary alicyclic amines) is 1. The van der Waals surface area contributed by atoms with Crippen molar-refractivity contribution >= 4 is 0 Å². The fourth-order valence-electron chi connectivity index (χ4n) is 3.36. The van der Waals surface area contributed by atoms with Gasteiger partial charge in [0, 0.05) is 18.6 Å². The van der Waals surface area contributed by atoms with Gasteiger partial charge in [0.05, 0.1) is 12.7 Å². The van der Waals surface area contributed by atoms with Crippen molar-refractivity contribution in [2.24, 2.45) is 0 Å². The van der Waals surface area contributed by atoms with E-state index in [-0.39, 0.29) is 6.04 Å². The molecule has 1 aromatic rings. The van der Waals surface area contributed by atoms with Gasteiger partial charge >= 0.3 is 0 Å². The van der Waals surface area contributed by atoms with Crippen molar-refractivity contribution in [2.45, 2.75) is 38.8 Å². The van der Waals surface area contributed by atoms with E-state index in [2.05, 4.69) is 30.7 Å². The maximum Gasteiger partial charge on any atom is 0.127 e. The lowest BCUT2D eigenvalue weighted by Crippen LogP contribution is -2.39. The first kappa shape index (κ1) is 16.1. The second-order valence-electron chi connectivity index (χ2n) is 5.93. The largest absolute Gasteiger partial charge is 0.507 e. The third-order valence-corrected chi connectivity index (χ3v) is 4.75. The van der Waals surface area contributed by atoms with E-state index in [1.165, 1.54) is 19.4 Å². The molecule has 1 aliphatic heterocycles. The van der Waals surface area contributed by atoms with Crippen LogP contribution in [0.4, 0.5) is 0 Å². The predicted molar refractivity (Wildman–Crippen MR) is 86.0 cm³/mol. The maximum absolute atomic E-state index is 10.2. The number of likely N-dealkylation sites (N-methyl/N-ethyl adjacent to an activating group) is 2. The lowest BCUT2D eigenvalue weighted by molar-refractivity contribution is 0.167. The highest BCUT2D eigenvalue weighted by molar-refractivity contribution is 5.45. The number of hydrogen-bond donors (Lipinski definition) is 1. The zero-order chi connectivity index (χ0) is 15.4. The summed E-state index contributed by atoms with van der Waals surface area (Å²) in [6.07, 6.45) is 2.56. The summed E-state index contributed by atoms with van der Waals surface area (Å²) in [4.78, 5) is 4.86. The SMILES string of the molecule is CCN1CCCC1CN(C)C(C)c1c(O)cccc1OC. The molecule has 1 aromatic carbocycles. The van der Waals surface area contributed by atoms with Gasteiger partial charge in [-0.1, -0.05) is 13.0 Å². The summed E-state index contributed by atoms with van der Waals surface area (Å²) in [6, 6.07) is 6.21. The number of methoxy groups -OCH3 is 1. The zero-order valence-corrected chi connectivity index (χ0v) is 13.7. The van der Waals surface area contributed by atoms with Crippen LogP contribution >= 0.6 is 0 Å². The number of nitrogens with zero attached hydrogens (tertiary/aromatic N) is 2. The minimum Gasteiger partial charge on any atom is -0.507 e. The van der Waals surface area contributed by atoms with Crippen LogP contribution < -0.4 is 4.74 Å². The van der Waals surface area contributed by atoms with E-state index >= 15 is 0 Å². The lowest BCUT2D eigenvalue weighted by atomic mass is 10.0. The Morgan fingerprint density at radius 3 is 2.90 bits per heavy atom. The molecular weight excluding hydrogens is 264 g/mol. The van der Waals surface area contributed by atoms with Crippen molar-refractivity contribution in [1.82, 2.24) is 9.80 Å². The molecule has 1 aliphatic rings. The monoisotopic (exact) mass is 292 g/mol. The molecular formula is C17H28N2O2. The van der Waals surface area contributed by atoms with Gasteiger partial charge in [0.1, 0.15) is 11.5 Å². The third-order valence-electron chi connectivity index (χ3n) is 4.75. The van der Waals surface area contributed by atoms with Gasteiger partial charge in [0.25, 0.3) is 0 Å². The smallest absolute Gasteiger partial charge is 0.127 e. The highest BCUT2D eigenvalue weighted by Crippen LogP contribution is 2.36. The fraction of sp³-hybridized carbons (Fsp3) is 0.647. The van der Waals surface area contributed by atoms with Crippen molar-refractivity contribution in [3.05, 3.63) is 23.8 Å². The minimum absolute atomic E-state index is 0.125. The van der Waals surface area contributed by atoms with Crippen LogP contribution in [0.25, 0.3) is 0 Å². The van der Waals surface area contributed by atoms with Gasteiger partial charge in [0.2, 0.25) is 0 Å². The second-order valence-corrected chi connectivity index (χ2v) is 5.93. The average molecular weight is 292 g/mol. The molecule has 0 spiro atoms. The Morgan fingerprint density at radius 2 is 2.24 bits per heavy atom. The van der Waals surface area contributed by atoms with Gasteiger partial charge in [-0.25, -0.2) is 0 Å². The van der Waals surface area contributed by atoms with Crippen LogP contribution in [0.2, 0.25) is 0 Å². The molecule has 118 valence electrons. The Morgan fingerprint density at radius 1 is 1.48 bits per heavy atom. The number of hydrogen-bond acceptors (Lipinski definition) is 4. The van der Waals surface area contributed by atoms with Crippen molar-refractivity contribution in [3.8, 4) is 11.5 Å². The Balaban J connectivity index is 2.10. The molecule has 4 nitrogen and oxygen atoms in total. The van der Waals surface area contributed by atoms with Crippen molar-refractivity contribution < 1.29 is 9.84 Å². The molecule has 0 aliphatic carbocycles. The molecule has 0 aromatic heterocycles. The molecule has 1 fully saturated rings. The Kier molecular flexibility index (Phi) is 5.48. The van der Waals surface area contributed by atoms with Gasteiger partial charge < -0.3 is 9.84 Å². The summed E-state index contributed by atoms with van der Waals surface area (Å²) in [5.74, 6) is 1.07. The van der Waals surface area contributed by atoms with E-state index in [0.717, 1.165) is 24.4 Å². The minimum atomic E-state index is 0.125. The van der Waals surface area contributed by atoms with E-state index < -0.39 is 0 Å². The quantitative estimate of drug-likeness (QED) is 0.874. The first-order valence-electron chi connectivity index (χ1n) is 7.88. The molecule has 2 unspecified atom stereocenters. The Labute approximate surface area is 128 Å². The molecule has 2 rings (SSSR count). The molecule has 4 heteroatoms. The van der Waals surface area contributed by atoms with Crippen LogP contribution in [0.1, 0.15) is 38.3 Å². The predicted octanol–water partition coefficient (Wildman–Crippen LogP) is 2.88. The number of ether oxygens (including phenoxy) is 1. The number of aromatic hydroxyl groups is 1. The number of phenolic OH excluding ortho intramolecular Hbond substituents is 1. The lowest BCUT2D eigenvalue weighted by Gasteiger charge is -2.32. The van der Waals surface area contributed by atoms with Crippen LogP contribution in [-0.2, 0) is 0 Å². The first-order valence-corrected chi connectivity index (χ1v) is 7.88. The van der Waals surface area contributed by atoms with Gasteiger partial charge in [-0.2, -0.15) is 0 Å². The summed E-state index contributed by atoms with van der Waals surface area (Å²) in [5, 5.41) is 10.2. The maximum atomic E-state index is 10.2. The van der Waals surface area contributed by atoms with Crippen molar-refractivity contribution in [1.29, 1.82) is 0 Å². The van der Waals surface area contributed by atoms with E-state index in [1.807, 2.05) is 12.1 Å². The highest BCUT2D eigenvalue weighted by atomic mass is 16.5. The van der Waals surface area contributed by atoms with Crippen LogP contribution in [0.5, 0.6) is 11.5 Å².